The molecule has 2 rings (SSSR count). The van der Waals surface area contributed by atoms with Gasteiger partial charge < -0.3 is 10.1 Å². The summed E-state index contributed by atoms with van der Waals surface area (Å²) in [7, 11) is 3.18. The monoisotopic (exact) mass is 216 g/mol. The molecule has 1 heterocycles. The molecule has 0 aliphatic heterocycles. The van der Waals surface area contributed by atoms with Gasteiger partial charge in [-0.1, -0.05) is 6.07 Å². The van der Waals surface area contributed by atoms with E-state index in [0.717, 1.165) is 16.6 Å². The van der Waals surface area contributed by atoms with Gasteiger partial charge in [-0.3, -0.25) is 4.98 Å². The van der Waals surface area contributed by atoms with Crippen molar-refractivity contribution in [3.8, 4) is 0 Å². The first kappa shape index (κ1) is 10.4. The van der Waals surface area contributed by atoms with Crippen LogP contribution in [0.1, 0.15) is 10.4 Å². The highest BCUT2D eigenvalue weighted by Crippen LogP contribution is 2.20. The number of ether oxygens (including phenoxy) is 1. The van der Waals surface area contributed by atoms with Gasteiger partial charge in [-0.05, 0) is 18.2 Å². The molecule has 1 aromatic carbocycles. The van der Waals surface area contributed by atoms with Crippen LogP contribution in [0.15, 0.2) is 30.5 Å². The van der Waals surface area contributed by atoms with Crippen molar-refractivity contribution in [2.75, 3.05) is 19.5 Å². The Hall–Kier alpha value is -2.10. The SMILES string of the molecule is CNc1cnc2cccc(C(=O)OC)c2c1. The van der Waals surface area contributed by atoms with Crippen molar-refractivity contribution in [1.82, 2.24) is 4.98 Å². The lowest BCUT2D eigenvalue weighted by molar-refractivity contribution is 0.0603. The van der Waals surface area contributed by atoms with Gasteiger partial charge in [0.2, 0.25) is 0 Å². The summed E-state index contributed by atoms with van der Waals surface area (Å²) in [5.41, 5.74) is 2.18. The second-order valence-corrected chi connectivity index (χ2v) is 3.34. The molecule has 0 aliphatic rings. The predicted molar refractivity (Wildman–Crippen MR) is 62.6 cm³/mol. The number of fused-ring (bicyclic) bond motifs is 1. The average molecular weight is 216 g/mol. The molecule has 4 heteroatoms. The van der Waals surface area contributed by atoms with Crippen LogP contribution < -0.4 is 5.32 Å². The van der Waals surface area contributed by atoms with Crippen molar-refractivity contribution in [2.24, 2.45) is 0 Å². The third-order valence-corrected chi connectivity index (χ3v) is 2.42. The number of methoxy groups -OCH3 is 1. The summed E-state index contributed by atoms with van der Waals surface area (Å²) in [6, 6.07) is 7.27. The van der Waals surface area contributed by atoms with E-state index in [0.29, 0.717) is 5.56 Å². The summed E-state index contributed by atoms with van der Waals surface area (Å²) >= 11 is 0. The molecule has 0 amide bonds. The third-order valence-electron chi connectivity index (χ3n) is 2.42. The molecule has 0 unspecified atom stereocenters. The molecule has 1 aromatic heterocycles. The molecule has 0 saturated carbocycles. The number of benzene rings is 1. The van der Waals surface area contributed by atoms with Crippen LogP contribution >= 0.6 is 0 Å². The van der Waals surface area contributed by atoms with E-state index in [2.05, 4.69) is 10.3 Å². The fourth-order valence-corrected chi connectivity index (χ4v) is 1.57. The van der Waals surface area contributed by atoms with Gasteiger partial charge in [-0.2, -0.15) is 0 Å². The van der Waals surface area contributed by atoms with Crippen molar-refractivity contribution >= 4 is 22.6 Å². The van der Waals surface area contributed by atoms with Crippen molar-refractivity contribution in [3.05, 3.63) is 36.0 Å². The van der Waals surface area contributed by atoms with Crippen LogP contribution in [0.2, 0.25) is 0 Å². The molecule has 0 fully saturated rings. The number of aromatic nitrogens is 1. The summed E-state index contributed by atoms with van der Waals surface area (Å²) in [5, 5.41) is 3.78. The smallest absolute Gasteiger partial charge is 0.338 e. The summed E-state index contributed by atoms with van der Waals surface area (Å²) < 4.78 is 4.73. The van der Waals surface area contributed by atoms with E-state index in [1.165, 1.54) is 7.11 Å². The van der Waals surface area contributed by atoms with Gasteiger partial charge >= 0.3 is 5.97 Å². The van der Waals surface area contributed by atoms with Gasteiger partial charge in [-0.15, -0.1) is 0 Å². The third kappa shape index (κ3) is 1.69. The van der Waals surface area contributed by atoms with Crippen molar-refractivity contribution in [2.45, 2.75) is 0 Å². The van der Waals surface area contributed by atoms with Crippen LogP contribution in [0.5, 0.6) is 0 Å². The van der Waals surface area contributed by atoms with E-state index >= 15 is 0 Å². The van der Waals surface area contributed by atoms with Crippen molar-refractivity contribution in [3.63, 3.8) is 0 Å². The summed E-state index contributed by atoms with van der Waals surface area (Å²) in [4.78, 5) is 15.8. The standard InChI is InChI=1S/C12H12N2O2/c1-13-8-6-10-9(12(15)16-2)4-3-5-11(10)14-7-8/h3-7,13H,1-2H3. The summed E-state index contributed by atoms with van der Waals surface area (Å²) in [6.07, 6.45) is 1.73. The lowest BCUT2D eigenvalue weighted by Gasteiger charge is -2.06. The zero-order valence-electron chi connectivity index (χ0n) is 9.15. The minimum absolute atomic E-state index is 0.347. The molecule has 4 nitrogen and oxygen atoms in total. The number of hydrogen-bond acceptors (Lipinski definition) is 4. The first-order chi connectivity index (χ1) is 7.76. The zero-order chi connectivity index (χ0) is 11.5. The highest BCUT2D eigenvalue weighted by Gasteiger charge is 2.10. The van der Waals surface area contributed by atoms with Gasteiger partial charge in [0.05, 0.1) is 30.1 Å². The van der Waals surface area contributed by atoms with Crippen LogP contribution in [0.3, 0.4) is 0 Å². The predicted octanol–water partition coefficient (Wildman–Crippen LogP) is 2.06. The van der Waals surface area contributed by atoms with Gasteiger partial charge in [-0.25, -0.2) is 4.79 Å². The van der Waals surface area contributed by atoms with Crippen LogP contribution in [0.25, 0.3) is 10.9 Å². The first-order valence-corrected chi connectivity index (χ1v) is 4.91. The Morgan fingerprint density at radius 3 is 2.94 bits per heavy atom. The lowest BCUT2D eigenvalue weighted by atomic mass is 10.1. The topological polar surface area (TPSA) is 51.2 Å². The Kier molecular flexibility index (Phi) is 2.72. The molecule has 0 saturated heterocycles. The number of pyridine rings is 1. The molecular formula is C12H12N2O2. The van der Waals surface area contributed by atoms with E-state index in [1.54, 1.807) is 18.3 Å². The van der Waals surface area contributed by atoms with Crippen molar-refractivity contribution in [1.29, 1.82) is 0 Å². The largest absolute Gasteiger partial charge is 0.465 e. The number of rotatable bonds is 2. The number of esters is 1. The van der Waals surface area contributed by atoms with E-state index < -0.39 is 0 Å². The second-order valence-electron chi connectivity index (χ2n) is 3.34. The van der Waals surface area contributed by atoms with Crippen LogP contribution in [0.4, 0.5) is 5.69 Å². The summed E-state index contributed by atoms with van der Waals surface area (Å²) in [6.45, 7) is 0. The number of nitrogens with one attached hydrogen (secondary N) is 1. The maximum Gasteiger partial charge on any atom is 0.338 e. The average Bonchev–Trinajstić information content (AvgIpc) is 2.36. The molecule has 0 spiro atoms. The molecule has 1 N–H and O–H groups in total. The molecule has 0 aliphatic carbocycles. The number of hydrogen-bond donors (Lipinski definition) is 1. The van der Waals surface area contributed by atoms with Gasteiger partial charge in [0.25, 0.3) is 0 Å². The van der Waals surface area contributed by atoms with Gasteiger partial charge in [0.15, 0.2) is 0 Å². The number of anilines is 1. The molecule has 2 aromatic rings. The Bertz CT molecular complexity index is 538. The summed E-state index contributed by atoms with van der Waals surface area (Å²) in [5.74, 6) is -0.347. The Morgan fingerprint density at radius 1 is 1.44 bits per heavy atom. The highest BCUT2D eigenvalue weighted by atomic mass is 16.5. The normalized spacial score (nSPS) is 10.1. The molecule has 0 bridgehead atoms. The Morgan fingerprint density at radius 2 is 2.25 bits per heavy atom. The molecular weight excluding hydrogens is 204 g/mol. The molecule has 82 valence electrons. The fourth-order valence-electron chi connectivity index (χ4n) is 1.57. The maximum absolute atomic E-state index is 11.6. The van der Waals surface area contributed by atoms with E-state index in [-0.39, 0.29) is 5.97 Å². The minimum Gasteiger partial charge on any atom is -0.465 e. The fraction of sp³-hybridized carbons (Fsp3) is 0.167. The van der Waals surface area contributed by atoms with Crippen LogP contribution in [-0.4, -0.2) is 25.1 Å². The Labute approximate surface area is 93.3 Å². The zero-order valence-corrected chi connectivity index (χ0v) is 9.15. The molecule has 0 atom stereocenters. The molecule has 16 heavy (non-hydrogen) atoms. The quantitative estimate of drug-likeness (QED) is 0.781. The van der Waals surface area contributed by atoms with E-state index in [1.807, 2.05) is 19.2 Å². The number of carbonyl (C=O) groups is 1. The highest BCUT2D eigenvalue weighted by molar-refractivity contribution is 6.04. The van der Waals surface area contributed by atoms with E-state index in [4.69, 9.17) is 4.74 Å². The maximum atomic E-state index is 11.6. The van der Waals surface area contributed by atoms with Crippen LogP contribution in [0, 0.1) is 0 Å². The second kappa shape index (κ2) is 4.18. The first-order valence-electron chi connectivity index (χ1n) is 4.91. The van der Waals surface area contributed by atoms with Crippen LogP contribution in [-0.2, 0) is 4.74 Å². The van der Waals surface area contributed by atoms with Crippen molar-refractivity contribution < 1.29 is 9.53 Å². The van der Waals surface area contributed by atoms with E-state index in [9.17, 15) is 4.79 Å². The Balaban J connectivity index is 2.68. The minimum atomic E-state index is -0.347. The van der Waals surface area contributed by atoms with Gasteiger partial charge in [0.1, 0.15) is 0 Å². The van der Waals surface area contributed by atoms with Gasteiger partial charge in [0, 0.05) is 12.4 Å². The number of nitrogens with zero attached hydrogens (tertiary/aromatic N) is 1. The number of carbonyl (C=O) groups excluding carboxylic acids is 1. The molecule has 0 radical (unpaired) electrons. The lowest BCUT2D eigenvalue weighted by Crippen LogP contribution is -2.02.